The maximum absolute atomic E-state index is 12.8. The predicted octanol–water partition coefficient (Wildman–Crippen LogP) is 3.72. The van der Waals surface area contributed by atoms with Gasteiger partial charge in [-0.1, -0.05) is 25.3 Å². The van der Waals surface area contributed by atoms with Crippen molar-refractivity contribution in [3.63, 3.8) is 0 Å². The summed E-state index contributed by atoms with van der Waals surface area (Å²) in [6.45, 7) is 4.99. The minimum Gasteiger partial charge on any atom is -0.353 e. The van der Waals surface area contributed by atoms with Crippen LogP contribution >= 0.6 is 0 Å². The topological polar surface area (TPSA) is 56.8 Å². The van der Waals surface area contributed by atoms with Gasteiger partial charge in [-0.25, -0.2) is 4.98 Å². The van der Waals surface area contributed by atoms with Crippen LogP contribution in [0.15, 0.2) is 24.4 Å². The molecule has 4 rings (SSSR count). The number of pyridine rings is 1. The van der Waals surface area contributed by atoms with Crippen LogP contribution in [0.25, 0.3) is 0 Å². The number of piperidine rings is 1. The minimum atomic E-state index is 0.270. The quantitative estimate of drug-likeness (QED) is 0.696. The highest BCUT2D eigenvalue weighted by atomic mass is 16.2. The highest BCUT2D eigenvalue weighted by Gasteiger charge is 2.27. The second-order valence-corrected chi connectivity index (χ2v) is 9.65. The molecule has 31 heavy (non-hydrogen) atoms. The number of piperazine rings is 1. The largest absolute Gasteiger partial charge is 0.353 e. The van der Waals surface area contributed by atoms with E-state index < -0.39 is 0 Å². The third-order valence-electron chi connectivity index (χ3n) is 7.43. The highest BCUT2D eigenvalue weighted by Crippen LogP contribution is 2.28. The molecule has 1 atom stereocenters. The van der Waals surface area contributed by atoms with Gasteiger partial charge in [0.2, 0.25) is 11.8 Å². The molecule has 2 aliphatic heterocycles. The lowest BCUT2D eigenvalue weighted by Crippen LogP contribution is -2.49. The van der Waals surface area contributed by atoms with Gasteiger partial charge in [-0.05, 0) is 56.1 Å². The van der Waals surface area contributed by atoms with Crippen molar-refractivity contribution in [3.8, 4) is 0 Å². The van der Waals surface area contributed by atoms with E-state index in [0.717, 1.165) is 70.8 Å². The summed E-state index contributed by atoms with van der Waals surface area (Å²) in [4.78, 5) is 36.3. The Morgan fingerprint density at radius 2 is 1.61 bits per heavy atom. The molecular formula is C25H38N4O2. The first-order chi connectivity index (χ1) is 15.2. The Morgan fingerprint density at radius 3 is 2.35 bits per heavy atom. The van der Waals surface area contributed by atoms with Crippen molar-refractivity contribution < 1.29 is 9.59 Å². The molecule has 3 aliphatic rings. The molecule has 2 saturated heterocycles. The summed E-state index contributed by atoms with van der Waals surface area (Å²) >= 11 is 0. The standard InChI is InChI=1S/C25H38N4O2/c30-24(28-17-15-27(16-18-28)23-10-4-5-13-26-23)12-11-22-9-6-14-29(20-22)25(31)19-21-7-2-1-3-8-21/h4-5,10,13,21-22H,1-3,6-9,11-12,14-20H2. The summed E-state index contributed by atoms with van der Waals surface area (Å²) < 4.78 is 0. The first-order valence-corrected chi connectivity index (χ1v) is 12.4. The summed E-state index contributed by atoms with van der Waals surface area (Å²) in [7, 11) is 0. The van der Waals surface area contributed by atoms with Crippen LogP contribution in [0.1, 0.15) is 64.2 Å². The van der Waals surface area contributed by atoms with Gasteiger partial charge in [0.25, 0.3) is 0 Å². The molecule has 0 radical (unpaired) electrons. The van der Waals surface area contributed by atoms with Crippen molar-refractivity contribution in [1.29, 1.82) is 0 Å². The molecule has 1 saturated carbocycles. The van der Waals surface area contributed by atoms with Gasteiger partial charge >= 0.3 is 0 Å². The van der Waals surface area contributed by atoms with E-state index in [2.05, 4.69) is 14.8 Å². The van der Waals surface area contributed by atoms with E-state index in [9.17, 15) is 9.59 Å². The van der Waals surface area contributed by atoms with Crippen molar-refractivity contribution in [2.75, 3.05) is 44.2 Å². The normalized spacial score (nSPS) is 23.1. The minimum absolute atomic E-state index is 0.270. The van der Waals surface area contributed by atoms with E-state index >= 15 is 0 Å². The summed E-state index contributed by atoms with van der Waals surface area (Å²) in [5, 5.41) is 0. The monoisotopic (exact) mass is 426 g/mol. The molecule has 3 fully saturated rings. The molecule has 6 nitrogen and oxygen atoms in total. The van der Waals surface area contributed by atoms with Gasteiger partial charge in [-0.15, -0.1) is 0 Å². The second-order valence-electron chi connectivity index (χ2n) is 9.65. The Balaban J connectivity index is 1.17. The summed E-state index contributed by atoms with van der Waals surface area (Å²) in [6.07, 6.45) is 12.7. The molecule has 2 amide bonds. The van der Waals surface area contributed by atoms with Gasteiger partial charge in [0.1, 0.15) is 5.82 Å². The fourth-order valence-corrected chi connectivity index (χ4v) is 5.51. The SMILES string of the molecule is O=C(CCC1CCCN(C(=O)CC2CCCCC2)C1)N1CCN(c2ccccn2)CC1. The van der Waals surface area contributed by atoms with Crippen LogP contribution in [0.5, 0.6) is 0 Å². The maximum atomic E-state index is 12.8. The van der Waals surface area contributed by atoms with Crippen LogP contribution in [-0.2, 0) is 9.59 Å². The van der Waals surface area contributed by atoms with Crippen molar-refractivity contribution in [2.45, 2.75) is 64.2 Å². The van der Waals surface area contributed by atoms with Gasteiger partial charge in [0.15, 0.2) is 0 Å². The Kier molecular flexibility index (Phi) is 7.81. The van der Waals surface area contributed by atoms with E-state index in [0.29, 0.717) is 24.2 Å². The molecule has 0 bridgehead atoms. The van der Waals surface area contributed by atoms with Crippen LogP contribution in [0.4, 0.5) is 5.82 Å². The van der Waals surface area contributed by atoms with Crippen LogP contribution in [0.2, 0.25) is 0 Å². The zero-order valence-electron chi connectivity index (χ0n) is 18.9. The Labute approximate surface area is 187 Å². The second kappa shape index (κ2) is 11.0. The molecule has 0 aromatic carbocycles. The zero-order chi connectivity index (χ0) is 21.5. The highest BCUT2D eigenvalue weighted by molar-refractivity contribution is 5.77. The van der Waals surface area contributed by atoms with E-state index in [1.807, 2.05) is 29.3 Å². The number of carbonyl (C=O) groups is 2. The van der Waals surface area contributed by atoms with Gasteiger partial charge in [0.05, 0.1) is 0 Å². The molecular weight excluding hydrogens is 388 g/mol. The lowest BCUT2D eigenvalue weighted by atomic mass is 9.86. The lowest BCUT2D eigenvalue weighted by molar-refractivity contribution is -0.134. The lowest BCUT2D eigenvalue weighted by Gasteiger charge is -2.36. The average Bonchev–Trinajstić information content (AvgIpc) is 2.84. The smallest absolute Gasteiger partial charge is 0.222 e. The Bertz CT molecular complexity index is 711. The summed E-state index contributed by atoms with van der Waals surface area (Å²) in [5.41, 5.74) is 0. The van der Waals surface area contributed by atoms with E-state index in [1.165, 1.54) is 32.1 Å². The molecule has 1 unspecified atom stereocenters. The Morgan fingerprint density at radius 1 is 0.839 bits per heavy atom. The number of aromatic nitrogens is 1. The molecule has 1 aliphatic carbocycles. The van der Waals surface area contributed by atoms with E-state index in [1.54, 1.807) is 0 Å². The summed E-state index contributed by atoms with van der Waals surface area (Å²) in [5.74, 6) is 2.70. The first-order valence-electron chi connectivity index (χ1n) is 12.4. The zero-order valence-corrected chi connectivity index (χ0v) is 18.9. The van der Waals surface area contributed by atoms with Crippen molar-refractivity contribution in [3.05, 3.63) is 24.4 Å². The van der Waals surface area contributed by atoms with Crippen LogP contribution in [-0.4, -0.2) is 65.9 Å². The van der Waals surface area contributed by atoms with Crippen LogP contribution in [0.3, 0.4) is 0 Å². The molecule has 0 N–H and O–H groups in total. The van der Waals surface area contributed by atoms with Gasteiger partial charge < -0.3 is 14.7 Å². The van der Waals surface area contributed by atoms with Gasteiger partial charge in [-0.3, -0.25) is 9.59 Å². The molecule has 1 aromatic rings. The fourth-order valence-electron chi connectivity index (χ4n) is 5.51. The predicted molar refractivity (Wildman–Crippen MR) is 123 cm³/mol. The molecule has 1 aromatic heterocycles. The number of hydrogen-bond acceptors (Lipinski definition) is 4. The average molecular weight is 427 g/mol. The fraction of sp³-hybridized carbons (Fsp3) is 0.720. The van der Waals surface area contributed by atoms with E-state index in [4.69, 9.17) is 0 Å². The van der Waals surface area contributed by atoms with Crippen molar-refractivity contribution in [1.82, 2.24) is 14.8 Å². The van der Waals surface area contributed by atoms with Gasteiger partial charge in [-0.2, -0.15) is 0 Å². The number of rotatable bonds is 6. The third-order valence-corrected chi connectivity index (χ3v) is 7.43. The van der Waals surface area contributed by atoms with Crippen LogP contribution < -0.4 is 4.90 Å². The number of anilines is 1. The Hall–Kier alpha value is -2.11. The number of nitrogens with zero attached hydrogens (tertiary/aromatic N) is 4. The van der Waals surface area contributed by atoms with E-state index in [-0.39, 0.29) is 5.91 Å². The molecule has 6 heteroatoms. The molecule has 170 valence electrons. The number of hydrogen-bond donors (Lipinski definition) is 0. The summed E-state index contributed by atoms with van der Waals surface area (Å²) in [6, 6.07) is 5.97. The third kappa shape index (κ3) is 6.20. The molecule has 3 heterocycles. The van der Waals surface area contributed by atoms with Gasteiger partial charge in [0, 0.05) is 58.3 Å². The number of amides is 2. The first kappa shape index (κ1) is 22.1. The van der Waals surface area contributed by atoms with Crippen molar-refractivity contribution in [2.24, 2.45) is 11.8 Å². The molecule has 0 spiro atoms. The number of carbonyl (C=O) groups excluding carboxylic acids is 2. The number of likely N-dealkylation sites (tertiary alicyclic amines) is 1. The van der Waals surface area contributed by atoms with Crippen molar-refractivity contribution >= 4 is 17.6 Å². The van der Waals surface area contributed by atoms with Crippen LogP contribution in [0, 0.1) is 11.8 Å². The maximum Gasteiger partial charge on any atom is 0.222 e.